The van der Waals surface area contributed by atoms with Crippen molar-refractivity contribution in [3.8, 4) is 5.75 Å². The first-order valence-electron chi connectivity index (χ1n) is 11.6. The summed E-state index contributed by atoms with van der Waals surface area (Å²) in [6.45, 7) is 4.16. The zero-order valence-corrected chi connectivity index (χ0v) is 19.6. The molecule has 1 atom stereocenters. The number of aliphatic hydroxyl groups is 1. The van der Waals surface area contributed by atoms with E-state index in [0.717, 1.165) is 47.2 Å². The van der Waals surface area contributed by atoms with E-state index in [4.69, 9.17) is 9.47 Å². The number of carbonyl (C=O) groups excluding carboxylic acids is 2. The van der Waals surface area contributed by atoms with Crippen molar-refractivity contribution in [2.75, 3.05) is 53.6 Å². The van der Waals surface area contributed by atoms with Gasteiger partial charge >= 0.3 is 6.03 Å². The van der Waals surface area contributed by atoms with E-state index in [1.165, 1.54) is 7.11 Å². The Bertz CT molecular complexity index is 1010. The molecule has 33 heavy (non-hydrogen) atoms. The number of urea groups is 1. The number of fused-ring (bicyclic) bond motifs is 4. The number of nitrogens with zero attached hydrogens (tertiary/aromatic N) is 2. The molecule has 1 aromatic carbocycles. The van der Waals surface area contributed by atoms with E-state index in [1.807, 2.05) is 30.0 Å². The van der Waals surface area contributed by atoms with Crippen LogP contribution in [0.3, 0.4) is 0 Å². The number of rotatable bonds is 6. The van der Waals surface area contributed by atoms with Gasteiger partial charge in [-0.05, 0) is 37.0 Å². The van der Waals surface area contributed by atoms with Crippen LogP contribution >= 0.6 is 0 Å². The highest BCUT2D eigenvalue weighted by Gasteiger charge is 2.49. The number of piperidine rings is 1. The van der Waals surface area contributed by atoms with Crippen molar-refractivity contribution < 1.29 is 24.2 Å². The van der Waals surface area contributed by atoms with Gasteiger partial charge in [-0.25, -0.2) is 4.79 Å². The van der Waals surface area contributed by atoms with Crippen LogP contribution in [0.25, 0.3) is 10.9 Å². The number of hydrogen-bond acceptors (Lipinski definition) is 5. The average Bonchev–Trinajstić information content (AvgIpc) is 3.22. The van der Waals surface area contributed by atoms with Gasteiger partial charge in [-0.3, -0.25) is 4.79 Å². The van der Waals surface area contributed by atoms with Crippen LogP contribution < -0.4 is 10.1 Å². The molecule has 180 valence electrons. The third-order valence-electron chi connectivity index (χ3n) is 7.04. The van der Waals surface area contributed by atoms with Crippen LogP contribution in [0.15, 0.2) is 18.2 Å². The van der Waals surface area contributed by atoms with Gasteiger partial charge < -0.3 is 34.7 Å². The maximum Gasteiger partial charge on any atom is 0.317 e. The van der Waals surface area contributed by atoms with E-state index in [-0.39, 0.29) is 30.6 Å². The van der Waals surface area contributed by atoms with E-state index < -0.39 is 6.04 Å². The van der Waals surface area contributed by atoms with E-state index in [9.17, 15) is 14.7 Å². The second-order valence-corrected chi connectivity index (χ2v) is 8.98. The van der Waals surface area contributed by atoms with Crippen molar-refractivity contribution >= 4 is 22.8 Å². The van der Waals surface area contributed by atoms with Crippen molar-refractivity contribution in [3.63, 3.8) is 0 Å². The Morgan fingerprint density at radius 2 is 2.03 bits per heavy atom. The molecule has 3 amide bonds. The standard InChI is InChI=1S/C24H34N4O5/c1-4-9-25-23(31)27-10-7-24(8-11-27)15-28(20(30)14-32-2)19(13-29)22-21(24)17-6-5-16(33-3)12-18(17)26-22/h5-6,12,19,26,29H,4,7-11,13-15H2,1-3H3,(H,25,31)/t19-/m1/s1. The molecule has 2 aliphatic rings. The van der Waals surface area contributed by atoms with Gasteiger partial charge in [0, 0.05) is 61.4 Å². The number of carbonyl (C=O) groups is 2. The van der Waals surface area contributed by atoms with Gasteiger partial charge in [0.2, 0.25) is 5.91 Å². The number of hydrogen-bond donors (Lipinski definition) is 3. The fourth-order valence-corrected chi connectivity index (χ4v) is 5.36. The molecule has 3 heterocycles. The fraction of sp³-hybridized carbons (Fsp3) is 0.583. The van der Waals surface area contributed by atoms with Crippen LogP contribution in [-0.4, -0.2) is 85.4 Å². The normalized spacial score (nSPS) is 19.6. The number of methoxy groups -OCH3 is 2. The van der Waals surface area contributed by atoms with E-state index >= 15 is 0 Å². The smallest absolute Gasteiger partial charge is 0.317 e. The molecule has 1 aromatic heterocycles. The van der Waals surface area contributed by atoms with Crippen molar-refractivity contribution in [2.24, 2.45) is 0 Å². The third kappa shape index (κ3) is 4.15. The Hall–Kier alpha value is -2.78. The monoisotopic (exact) mass is 458 g/mol. The number of ether oxygens (including phenoxy) is 2. The van der Waals surface area contributed by atoms with Crippen LogP contribution in [0, 0.1) is 0 Å². The Morgan fingerprint density at radius 3 is 2.67 bits per heavy atom. The molecule has 1 spiro atoms. The minimum atomic E-state index is -0.474. The molecule has 0 radical (unpaired) electrons. The summed E-state index contributed by atoms with van der Waals surface area (Å²) in [5, 5.41) is 14.3. The molecular weight excluding hydrogens is 424 g/mol. The number of likely N-dealkylation sites (tertiary alicyclic amines) is 1. The summed E-state index contributed by atoms with van der Waals surface area (Å²) in [6, 6.07) is 5.43. The fourth-order valence-electron chi connectivity index (χ4n) is 5.36. The number of aliphatic hydroxyl groups excluding tert-OH is 1. The minimum absolute atomic E-state index is 0.0352. The first kappa shape index (κ1) is 23.4. The van der Waals surface area contributed by atoms with Gasteiger partial charge in [0.25, 0.3) is 0 Å². The zero-order valence-electron chi connectivity index (χ0n) is 19.6. The summed E-state index contributed by atoms with van der Waals surface area (Å²) >= 11 is 0. The zero-order chi connectivity index (χ0) is 23.6. The second-order valence-electron chi connectivity index (χ2n) is 8.98. The maximum absolute atomic E-state index is 13.0. The predicted octanol–water partition coefficient (Wildman–Crippen LogP) is 2.15. The lowest BCUT2D eigenvalue weighted by Gasteiger charge is -2.50. The molecular formula is C24H34N4O5. The van der Waals surface area contributed by atoms with Gasteiger partial charge in [0.1, 0.15) is 12.4 Å². The van der Waals surface area contributed by atoms with Crippen molar-refractivity contribution in [1.82, 2.24) is 20.1 Å². The minimum Gasteiger partial charge on any atom is -0.497 e. The lowest BCUT2D eigenvalue weighted by atomic mass is 9.68. The first-order chi connectivity index (χ1) is 16.0. The Labute approximate surface area is 194 Å². The largest absolute Gasteiger partial charge is 0.497 e. The molecule has 1 saturated heterocycles. The highest BCUT2D eigenvalue weighted by Crippen LogP contribution is 2.49. The molecule has 0 aliphatic carbocycles. The van der Waals surface area contributed by atoms with Gasteiger partial charge in [0.15, 0.2) is 0 Å². The molecule has 0 unspecified atom stereocenters. The molecule has 9 heteroatoms. The van der Waals surface area contributed by atoms with Crippen LogP contribution in [0.5, 0.6) is 5.75 Å². The molecule has 2 aliphatic heterocycles. The van der Waals surface area contributed by atoms with Gasteiger partial charge in [-0.2, -0.15) is 0 Å². The SMILES string of the molecule is CCCNC(=O)N1CCC2(CC1)CN(C(=O)COC)[C@H](CO)c1[nH]c3cc(OC)ccc3c12. The number of amides is 3. The maximum atomic E-state index is 13.0. The Morgan fingerprint density at radius 1 is 1.27 bits per heavy atom. The second kappa shape index (κ2) is 9.61. The third-order valence-corrected chi connectivity index (χ3v) is 7.04. The van der Waals surface area contributed by atoms with Gasteiger partial charge in [0.05, 0.1) is 19.8 Å². The number of benzene rings is 1. The molecule has 0 saturated carbocycles. The Balaban J connectivity index is 1.75. The molecule has 1 fully saturated rings. The van der Waals surface area contributed by atoms with E-state index in [1.54, 1.807) is 12.0 Å². The first-order valence-corrected chi connectivity index (χ1v) is 11.6. The van der Waals surface area contributed by atoms with Crippen LogP contribution in [0.4, 0.5) is 4.79 Å². The molecule has 0 bridgehead atoms. The van der Waals surface area contributed by atoms with Crippen LogP contribution in [0.1, 0.15) is 43.5 Å². The Kier molecular flexibility index (Phi) is 6.81. The van der Waals surface area contributed by atoms with Crippen molar-refractivity contribution in [3.05, 3.63) is 29.5 Å². The summed E-state index contributed by atoms with van der Waals surface area (Å²) < 4.78 is 10.5. The number of aromatic nitrogens is 1. The van der Waals surface area contributed by atoms with Gasteiger partial charge in [-0.1, -0.05) is 6.92 Å². The molecule has 2 aromatic rings. The van der Waals surface area contributed by atoms with Gasteiger partial charge in [-0.15, -0.1) is 0 Å². The summed E-state index contributed by atoms with van der Waals surface area (Å²) in [5.41, 5.74) is 2.61. The summed E-state index contributed by atoms with van der Waals surface area (Å²) in [6.07, 6.45) is 2.35. The highest BCUT2D eigenvalue weighted by molar-refractivity contribution is 5.89. The molecule has 3 N–H and O–H groups in total. The summed E-state index contributed by atoms with van der Waals surface area (Å²) in [4.78, 5) is 32.6. The molecule has 4 rings (SSSR count). The highest BCUT2D eigenvalue weighted by atomic mass is 16.5. The predicted molar refractivity (Wildman–Crippen MR) is 124 cm³/mol. The van der Waals surface area contributed by atoms with Crippen molar-refractivity contribution in [1.29, 1.82) is 0 Å². The topological polar surface area (TPSA) is 107 Å². The summed E-state index contributed by atoms with van der Waals surface area (Å²) in [7, 11) is 3.13. The van der Waals surface area contributed by atoms with Crippen molar-refractivity contribution in [2.45, 2.75) is 37.6 Å². The van der Waals surface area contributed by atoms with E-state index in [0.29, 0.717) is 26.2 Å². The average molecular weight is 459 g/mol. The van der Waals surface area contributed by atoms with E-state index in [2.05, 4.69) is 10.3 Å². The summed E-state index contributed by atoms with van der Waals surface area (Å²) in [5.74, 6) is 0.589. The number of aromatic amines is 1. The lowest BCUT2D eigenvalue weighted by molar-refractivity contribution is -0.141. The lowest BCUT2D eigenvalue weighted by Crippen LogP contribution is -2.57. The quantitative estimate of drug-likeness (QED) is 0.615. The van der Waals surface area contributed by atoms with Crippen LogP contribution in [-0.2, 0) is 14.9 Å². The van der Waals surface area contributed by atoms with Crippen LogP contribution in [0.2, 0.25) is 0 Å². The number of H-pyrrole nitrogens is 1. The molecule has 9 nitrogen and oxygen atoms in total. The number of nitrogens with one attached hydrogen (secondary N) is 2.